The fourth-order valence-corrected chi connectivity index (χ4v) is 3.56. The number of rotatable bonds is 12. The minimum absolute atomic E-state index is 0.0525. The Kier molecular flexibility index (Phi) is 10.5. The average Bonchev–Trinajstić information content (AvgIpc) is 2.78. The Labute approximate surface area is 197 Å². The number of carbonyl (C=O) groups is 2. The van der Waals surface area contributed by atoms with Crippen LogP contribution >= 0.6 is 11.6 Å². The summed E-state index contributed by atoms with van der Waals surface area (Å²) >= 11 is 6.35. The summed E-state index contributed by atoms with van der Waals surface area (Å²) in [5.74, 6) is 0.581. The molecule has 2 rings (SSSR count). The molecule has 0 heterocycles. The van der Waals surface area contributed by atoms with Crippen LogP contribution in [0.5, 0.6) is 5.75 Å². The van der Waals surface area contributed by atoms with Crippen LogP contribution in [0.1, 0.15) is 57.6 Å². The van der Waals surface area contributed by atoms with Crippen LogP contribution < -0.4 is 10.1 Å². The zero-order chi connectivity index (χ0) is 23.5. The first kappa shape index (κ1) is 25.7. The fourth-order valence-electron chi connectivity index (χ4n) is 3.36. The highest BCUT2D eigenvalue weighted by atomic mass is 35.5. The second-order valence-electron chi connectivity index (χ2n) is 8.12. The third-order valence-corrected chi connectivity index (χ3v) is 5.88. The van der Waals surface area contributed by atoms with E-state index in [4.69, 9.17) is 16.3 Å². The van der Waals surface area contributed by atoms with Gasteiger partial charge in [-0.1, -0.05) is 61.3 Å². The van der Waals surface area contributed by atoms with Crippen LogP contribution in [0.25, 0.3) is 0 Å². The average molecular weight is 459 g/mol. The van der Waals surface area contributed by atoms with Crippen LogP contribution in [0.4, 0.5) is 0 Å². The molecule has 1 N–H and O–H groups in total. The van der Waals surface area contributed by atoms with E-state index < -0.39 is 6.04 Å². The van der Waals surface area contributed by atoms with Crippen molar-refractivity contribution in [3.8, 4) is 5.75 Å². The molecule has 2 atom stereocenters. The Hall–Kier alpha value is -2.53. The Morgan fingerprint density at radius 3 is 2.38 bits per heavy atom. The fraction of sp³-hybridized carbons (Fsp3) is 0.462. The van der Waals surface area contributed by atoms with E-state index in [2.05, 4.69) is 5.32 Å². The van der Waals surface area contributed by atoms with E-state index in [1.165, 1.54) is 5.56 Å². The second-order valence-corrected chi connectivity index (χ2v) is 8.53. The van der Waals surface area contributed by atoms with E-state index >= 15 is 0 Å². The number of amides is 2. The first-order valence-electron chi connectivity index (χ1n) is 11.4. The van der Waals surface area contributed by atoms with Gasteiger partial charge in [-0.05, 0) is 56.9 Å². The molecule has 0 unspecified atom stereocenters. The largest absolute Gasteiger partial charge is 0.494 e. The molecule has 0 aliphatic rings. The quantitative estimate of drug-likeness (QED) is 0.425. The van der Waals surface area contributed by atoms with Gasteiger partial charge >= 0.3 is 0 Å². The van der Waals surface area contributed by atoms with Crippen molar-refractivity contribution in [1.82, 2.24) is 10.2 Å². The highest BCUT2D eigenvalue weighted by Crippen LogP contribution is 2.21. The van der Waals surface area contributed by atoms with E-state index in [-0.39, 0.29) is 17.9 Å². The SMILES string of the molecule is CC[C@@H](C)NC(=O)[C@H](CC)N(Cc1ccccc1Cl)C(=O)CCCOc1ccc(C)cc1. The van der Waals surface area contributed by atoms with Crippen LogP contribution in [0.3, 0.4) is 0 Å². The first-order chi connectivity index (χ1) is 15.3. The second kappa shape index (κ2) is 13.1. The topological polar surface area (TPSA) is 58.6 Å². The summed E-state index contributed by atoms with van der Waals surface area (Å²) < 4.78 is 5.76. The van der Waals surface area contributed by atoms with Gasteiger partial charge in [-0.25, -0.2) is 0 Å². The van der Waals surface area contributed by atoms with Crippen molar-refractivity contribution in [2.24, 2.45) is 0 Å². The molecule has 6 heteroatoms. The molecule has 174 valence electrons. The number of benzene rings is 2. The Morgan fingerprint density at radius 2 is 1.75 bits per heavy atom. The normalized spacial score (nSPS) is 12.7. The van der Waals surface area contributed by atoms with E-state index in [1.54, 1.807) is 11.0 Å². The van der Waals surface area contributed by atoms with Crippen molar-refractivity contribution >= 4 is 23.4 Å². The summed E-state index contributed by atoms with van der Waals surface area (Å²) in [6.45, 7) is 8.67. The molecule has 2 aromatic carbocycles. The van der Waals surface area contributed by atoms with Gasteiger partial charge in [0.2, 0.25) is 11.8 Å². The van der Waals surface area contributed by atoms with Crippen molar-refractivity contribution in [3.63, 3.8) is 0 Å². The Balaban J connectivity index is 2.07. The maximum Gasteiger partial charge on any atom is 0.243 e. The monoisotopic (exact) mass is 458 g/mol. The van der Waals surface area contributed by atoms with Gasteiger partial charge in [-0.3, -0.25) is 9.59 Å². The molecule has 0 aliphatic heterocycles. The standard InChI is InChI=1S/C26H35ClN2O3/c1-5-20(4)28-26(31)24(6-2)29(18-21-10-7-8-11-23(21)27)25(30)12-9-17-32-22-15-13-19(3)14-16-22/h7-8,10-11,13-16,20,24H,5-6,9,12,17-18H2,1-4H3,(H,28,31)/t20-,24+/m1/s1. The minimum Gasteiger partial charge on any atom is -0.494 e. The molecule has 0 aliphatic carbocycles. The highest BCUT2D eigenvalue weighted by Gasteiger charge is 2.29. The molecule has 0 bridgehead atoms. The summed E-state index contributed by atoms with van der Waals surface area (Å²) in [6, 6.07) is 14.8. The lowest BCUT2D eigenvalue weighted by Crippen LogP contribution is -2.50. The lowest BCUT2D eigenvalue weighted by Gasteiger charge is -2.31. The van der Waals surface area contributed by atoms with Crippen molar-refractivity contribution in [2.45, 2.75) is 72.0 Å². The zero-order valence-corrected chi connectivity index (χ0v) is 20.3. The van der Waals surface area contributed by atoms with Gasteiger partial charge in [0.05, 0.1) is 6.61 Å². The third-order valence-electron chi connectivity index (χ3n) is 5.51. The third kappa shape index (κ3) is 7.86. The smallest absolute Gasteiger partial charge is 0.243 e. The van der Waals surface area contributed by atoms with Crippen molar-refractivity contribution in [3.05, 3.63) is 64.7 Å². The van der Waals surface area contributed by atoms with Gasteiger partial charge in [0.15, 0.2) is 0 Å². The molecule has 5 nitrogen and oxygen atoms in total. The predicted octanol–water partition coefficient (Wildman–Crippen LogP) is 5.53. The van der Waals surface area contributed by atoms with E-state index in [1.807, 2.05) is 70.2 Å². The number of carbonyl (C=O) groups excluding carboxylic acids is 2. The summed E-state index contributed by atoms with van der Waals surface area (Å²) in [6.07, 6.45) is 2.22. The number of hydrogen-bond donors (Lipinski definition) is 1. The highest BCUT2D eigenvalue weighted by molar-refractivity contribution is 6.31. The maximum atomic E-state index is 13.2. The molecule has 0 fully saturated rings. The van der Waals surface area contributed by atoms with Crippen molar-refractivity contribution in [2.75, 3.05) is 6.61 Å². The maximum absolute atomic E-state index is 13.2. The van der Waals surface area contributed by atoms with Gasteiger partial charge in [-0.15, -0.1) is 0 Å². The number of halogens is 1. The van der Waals surface area contributed by atoms with E-state index in [0.29, 0.717) is 37.4 Å². The van der Waals surface area contributed by atoms with Crippen molar-refractivity contribution in [1.29, 1.82) is 0 Å². The molecule has 2 aromatic rings. The van der Waals surface area contributed by atoms with Crippen LogP contribution in [0.15, 0.2) is 48.5 Å². The molecule has 0 saturated carbocycles. The van der Waals surface area contributed by atoms with Crippen LogP contribution in [-0.2, 0) is 16.1 Å². The lowest BCUT2D eigenvalue weighted by atomic mass is 10.1. The molecular weight excluding hydrogens is 424 g/mol. The summed E-state index contributed by atoms with van der Waals surface area (Å²) in [4.78, 5) is 27.8. The van der Waals surface area contributed by atoms with E-state index in [9.17, 15) is 9.59 Å². The van der Waals surface area contributed by atoms with Crippen LogP contribution in [0.2, 0.25) is 5.02 Å². The van der Waals surface area contributed by atoms with Gasteiger partial charge in [0.1, 0.15) is 11.8 Å². The molecule has 0 radical (unpaired) electrons. The van der Waals surface area contributed by atoms with Crippen LogP contribution in [0, 0.1) is 6.92 Å². The molecule has 32 heavy (non-hydrogen) atoms. The van der Waals surface area contributed by atoms with Gasteiger partial charge in [-0.2, -0.15) is 0 Å². The zero-order valence-electron chi connectivity index (χ0n) is 19.6. The number of aryl methyl sites for hydroxylation is 1. The molecule has 2 amide bonds. The van der Waals surface area contributed by atoms with Gasteiger partial charge in [0.25, 0.3) is 0 Å². The first-order valence-corrected chi connectivity index (χ1v) is 11.8. The molecule has 0 saturated heterocycles. The number of nitrogens with one attached hydrogen (secondary N) is 1. The van der Waals surface area contributed by atoms with Gasteiger partial charge in [0, 0.05) is 24.0 Å². The van der Waals surface area contributed by atoms with E-state index in [0.717, 1.165) is 17.7 Å². The predicted molar refractivity (Wildman–Crippen MR) is 130 cm³/mol. The summed E-state index contributed by atoms with van der Waals surface area (Å²) in [5.41, 5.74) is 2.00. The Bertz CT molecular complexity index is 870. The number of ether oxygens (including phenoxy) is 1. The van der Waals surface area contributed by atoms with Crippen molar-refractivity contribution < 1.29 is 14.3 Å². The van der Waals surface area contributed by atoms with Crippen LogP contribution in [-0.4, -0.2) is 35.4 Å². The number of hydrogen-bond acceptors (Lipinski definition) is 3. The molecule has 0 spiro atoms. The van der Waals surface area contributed by atoms with Gasteiger partial charge < -0.3 is 15.0 Å². The lowest BCUT2D eigenvalue weighted by molar-refractivity contribution is -0.141. The molecular formula is C26H35ClN2O3. The molecule has 0 aromatic heterocycles. The summed E-state index contributed by atoms with van der Waals surface area (Å²) in [7, 11) is 0. The summed E-state index contributed by atoms with van der Waals surface area (Å²) in [5, 5.41) is 3.61. The number of nitrogens with zero attached hydrogens (tertiary/aromatic N) is 1. The Morgan fingerprint density at radius 1 is 1.06 bits per heavy atom. The minimum atomic E-state index is -0.550.